The molecule has 0 fully saturated rings. The Bertz CT molecular complexity index is 1210. The number of aromatic nitrogens is 1. The number of ether oxygens (including phenoxy) is 2. The maximum atomic E-state index is 11.7. The lowest BCUT2D eigenvalue weighted by Gasteiger charge is -2.28. The molecule has 37 heavy (non-hydrogen) atoms. The zero-order valence-electron chi connectivity index (χ0n) is 21.9. The molecule has 6 nitrogen and oxygen atoms in total. The van der Waals surface area contributed by atoms with Crippen LogP contribution in [0.3, 0.4) is 0 Å². The third-order valence-electron chi connectivity index (χ3n) is 7.40. The summed E-state index contributed by atoms with van der Waals surface area (Å²) in [5.74, 6) is 0.833. The van der Waals surface area contributed by atoms with E-state index in [2.05, 4.69) is 35.4 Å². The van der Waals surface area contributed by atoms with E-state index in [0.717, 1.165) is 41.5 Å². The van der Waals surface area contributed by atoms with Crippen LogP contribution < -0.4 is 9.47 Å². The molecule has 1 heterocycles. The minimum Gasteiger partial charge on any atom is -0.496 e. The van der Waals surface area contributed by atoms with E-state index in [1.807, 2.05) is 37.5 Å². The van der Waals surface area contributed by atoms with Gasteiger partial charge in [-0.2, -0.15) is 0 Å². The zero-order chi connectivity index (χ0) is 26.5. The first-order chi connectivity index (χ1) is 17.8. The molecule has 0 saturated carbocycles. The van der Waals surface area contributed by atoms with Gasteiger partial charge in [-0.3, -0.25) is 4.79 Å². The van der Waals surface area contributed by atoms with Crippen LogP contribution in [0.25, 0.3) is 5.57 Å². The molecule has 0 aliphatic heterocycles. The molecule has 0 spiro atoms. The second-order valence-corrected chi connectivity index (χ2v) is 10.2. The van der Waals surface area contributed by atoms with E-state index in [0.29, 0.717) is 30.4 Å². The number of allylic oxidation sites excluding steroid dienone is 1. The van der Waals surface area contributed by atoms with Gasteiger partial charge in [0, 0.05) is 31.3 Å². The van der Waals surface area contributed by atoms with Crippen molar-refractivity contribution in [3.8, 4) is 11.5 Å². The van der Waals surface area contributed by atoms with E-state index < -0.39 is 12.1 Å². The van der Waals surface area contributed by atoms with Crippen LogP contribution in [-0.2, 0) is 30.6 Å². The molecule has 1 aliphatic rings. The van der Waals surface area contributed by atoms with Gasteiger partial charge in [-0.05, 0) is 84.6 Å². The number of aryl methyl sites for hydroxylation is 1. The number of benzene rings is 2. The smallest absolute Gasteiger partial charge is 0.303 e. The molecule has 1 aromatic heterocycles. The van der Waals surface area contributed by atoms with Crippen molar-refractivity contribution in [1.29, 1.82) is 0 Å². The number of methoxy groups -OCH3 is 2. The van der Waals surface area contributed by atoms with Crippen LogP contribution in [0, 0.1) is 11.8 Å². The van der Waals surface area contributed by atoms with Crippen molar-refractivity contribution in [2.45, 2.75) is 51.7 Å². The van der Waals surface area contributed by atoms with Gasteiger partial charge in [0.1, 0.15) is 11.5 Å². The molecule has 0 bridgehead atoms. The molecule has 2 atom stereocenters. The van der Waals surface area contributed by atoms with Gasteiger partial charge in [0.25, 0.3) is 0 Å². The number of aliphatic hydroxyl groups excluding tert-OH is 1. The summed E-state index contributed by atoms with van der Waals surface area (Å²) in [5, 5.41) is 20.8. The van der Waals surface area contributed by atoms with E-state index in [9.17, 15) is 9.90 Å². The molecule has 0 saturated heterocycles. The number of carboxylic acid groups (broad SMARTS) is 1. The van der Waals surface area contributed by atoms with Gasteiger partial charge in [-0.25, -0.2) is 0 Å². The Labute approximate surface area is 219 Å². The highest BCUT2D eigenvalue weighted by molar-refractivity contribution is 5.73. The summed E-state index contributed by atoms with van der Waals surface area (Å²) in [6.45, 7) is 6.59. The lowest BCUT2D eigenvalue weighted by molar-refractivity contribution is -0.136. The summed E-state index contributed by atoms with van der Waals surface area (Å²) in [4.78, 5) is 11.0. The highest BCUT2D eigenvalue weighted by atomic mass is 16.5. The van der Waals surface area contributed by atoms with E-state index in [4.69, 9.17) is 14.6 Å². The first-order valence-corrected chi connectivity index (χ1v) is 12.8. The number of fused-ring (bicyclic) bond motifs is 1. The van der Waals surface area contributed by atoms with Gasteiger partial charge < -0.3 is 24.3 Å². The number of nitrogens with zero attached hydrogens (tertiary/aromatic N) is 1. The van der Waals surface area contributed by atoms with Crippen molar-refractivity contribution >= 4 is 11.5 Å². The number of carboxylic acids is 1. The van der Waals surface area contributed by atoms with Crippen LogP contribution in [0.5, 0.6) is 11.5 Å². The normalized spacial score (nSPS) is 14.7. The highest BCUT2D eigenvalue weighted by Crippen LogP contribution is 2.41. The van der Waals surface area contributed by atoms with Gasteiger partial charge in [-0.1, -0.05) is 30.8 Å². The Balaban J connectivity index is 1.62. The summed E-state index contributed by atoms with van der Waals surface area (Å²) < 4.78 is 13.4. The van der Waals surface area contributed by atoms with Crippen LogP contribution >= 0.6 is 0 Å². The molecule has 2 aromatic carbocycles. The SMILES string of the molecule is C=C(C)c1c(OC)cc([C@@H](O)[C@H](CC2Cc3ccccc3C2)Cn2ccc(CCC(=O)O)c2)cc1OC. The fourth-order valence-electron chi connectivity index (χ4n) is 5.62. The van der Waals surface area contributed by atoms with Crippen molar-refractivity contribution in [2.75, 3.05) is 14.2 Å². The molecule has 6 heteroatoms. The molecule has 1 aliphatic carbocycles. The molecule has 0 amide bonds. The number of hydrogen-bond acceptors (Lipinski definition) is 4. The van der Waals surface area contributed by atoms with Gasteiger partial charge in [-0.15, -0.1) is 0 Å². The fraction of sp³-hybridized carbons (Fsp3) is 0.387. The van der Waals surface area contributed by atoms with E-state index in [1.54, 1.807) is 14.2 Å². The fourth-order valence-corrected chi connectivity index (χ4v) is 5.62. The lowest BCUT2D eigenvalue weighted by Crippen LogP contribution is -2.22. The topological polar surface area (TPSA) is 80.9 Å². The average Bonchev–Trinajstić information content (AvgIpc) is 3.51. The molecule has 4 rings (SSSR count). The Morgan fingerprint density at radius 2 is 1.73 bits per heavy atom. The van der Waals surface area contributed by atoms with Gasteiger partial charge in [0.05, 0.1) is 25.9 Å². The minimum absolute atomic E-state index is 0.0656. The maximum Gasteiger partial charge on any atom is 0.303 e. The summed E-state index contributed by atoms with van der Waals surface area (Å²) in [7, 11) is 3.23. The summed E-state index contributed by atoms with van der Waals surface area (Å²) >= 11 is 0. The summed E-state index contributed by atoms with van der Waals surface area (Å²) in [5.41, 5.74) is 6.16. The second kappa shape index (κ2) is 11.7. The standard InChI is InChI=1S/C31H37NO5/c1-20(2)30-27(36-3)16-25(17-28(30)37-4)31(35)26(15-22-13-23-7-5-6-8-24(23)14-22)19-32-12-11-21(18-32)9-10-29(33)34/h5-8,11-12,16-18,22,26,31,35H,1,9-10,13-15,19H2,2-4H3,(H,33,34)/t26-,31-/m1/s1. The molecule has 0 radical (unpaired) electrons. The number of rotatable bonds is 12. The molecular weight excluding hydrogens is 466 g/mol. The number of aliphatic hydroxyl groups is 1. The molecular formula is C31H37NO5. The third kappa shape index (κ3) is 6.25. The molecule has 3 aromatic rings. The number of carbonyl (C=O) groups is 1. The van der Waals surface area contributed by atoms with Crippen LogP contribution in [0.4, 0.5) is 0 Å². The predicted molar refractivity (Wildman–Crippen MR) is 145 cm³/mol. The monoisotopic (exact) mass is 503 g/mol. The lowest BCUT2D eigenvalue weighted by atomic mass is 9.85. The summed E-state index contributed by atoms with van der Waals surface area (Å²) in [6.07, 6.45) is 6.70. The van der Waals surface area contributed by atoms with Crippen molar-refractivity contribution in [1.82, 2.24) is 4.57 Å². The third-order valence-corrected chi connectivity index (χ3v) is 7.40. The van der Waals surface area contributed by atoms with E-state index in [-0.39, 0.29) is 12.3 Å². The highest BCUT2D eigenvalue weighted by Gasteiger charge is 2.30. The second-order valence-electron chi connectivity index (χ2n) is 10.2. The quantitative estimate of drug-likeness (QED) is 0.331. The number of aliphatic carboxylic acids is 1. The predicted octanol–water partition coefficient (Wildman–Crippen LogP) is 5.71. The molecule has 0 unspecified atom stereocenters. The average molecular weight is 504 g/mol. The Hall–Kier alpha value is -3.51. The first-order valence-electron chi connectivity index (χ1n) is 12.8. The van der Waals surface area contributed by atoms with Crippen molar-refractivity contribution in [3.05, 3.63) is 89.3 Å². The van der Waals surface area contributed by atoms with E-state index >= 15 is 0 Å². The maximum absolute atomic E-state index is 11.7. The molecule has 2 N–H and O–H groups in total. The van der Waals surface area contributed by atoms with Crippen LogP contribution in [0.2, 0.25) is 0 Å². The van der Waals surface area contributed by atoms with Crippen molar-refractivity contribution in [2.24, 2.45) is 11.8 Å². The van der Waals surface area contributed by atoms with E-state index in [1.165, 1.54) is 11.1 Å². The van der Waals surface area contributed by atoms with Gasteiger partial charge in [0.15, 0.2) is 0 Å². The van der Waals surface area contributed by atoms with Crippen LogP contribution in [0.1, 0.15) is 53.7 Å². The van der Waals surface area contributed by atoms with Gasteiger partial charge >= 0.3 is 5.97 Å². The minimum atomic E-state index is -0.803. The van der Waals surface area contributed by atoms with Crippen molar-refractivity contribution in [3.63, 3.8) is 0 Å². The Kier molecular flexibility index (Phi) is 8.39. The summed E-state index contributed by atoms with van der Waals surface area (Å²) in [6, 6.07) is 14.3. The number of hydrogen-bond donors (Lipinski definition) is 2. The van der Waals surface area contributed by atoms with Crippen LogP contribution in [0.15, 0.2) is 61.4 Å². The largest absolute Gasteiger partial charge is 0.496 e. The Morgan fingerprint density at radius 3 is 2.27 bits per heavy atom. The zero-order valence-corrected chi connectivity index (χ0v) is 21.9. The first kappa shape index (κ1) is 26.6. The van der Waals surface area contributed by atoms with Crippen molar-refractivity contribution < 1.29 is 24.5 Å². The van der Waals surface area contributed by atoms with Crippen LogP contribution in [-0.4, -0.2) is 35.0 Å². The molecule has 196 valence electrons. The Morgan fingerprint density at radius 1 is 1.11 bits per heavy atom. The van der Waals surface area contributed by atoms with Gasteiger partial charge in [0.2, 0.25) is 0 Å².